The second-order valence-corrected chi connectivity index (χ2v) is 6.71. The smallest absolute Gasteiger partial charge is 0.270 e. The second-order valence-electron chi connectivity index (χ2n) is 5.65. The number of oxime groups is 1. The van der Waals surface area contributed by atoms with Gasteiger partial charge in [0.2, 0.25) is 11.2 Å². The summed E-state index contributed by atoms with van der Waals surface area (Å²) in [6, 6.07) is 9.72. The molecule has 0 saturated carbocycles. The molecule has 3 rings (SSSR count). The topological polar surface area (TPSA) is 76.5 Å². The van der Waals surface area contributed by atoms with E-state index in [1.807, 2.05) is 30.3 Å². The minimum Gasteiger partial charge on any atom is -0.382 e. The molecule has 1 unspecified atom stereocenters. The lowest BCUT2D eigenvalue weighted by Crippen LogP contribution is -2.28. The van der Waals surface area contributed by atoms with Gasteiger partial charge in [0.1, 0.15) is 5.01 Å². The first kappa shape index (κ1) is 16.6. The predicted molar refractivity (Wildman–Crippen MR) is 94.2 cm³/mol. The van der Waals surface area contributed by atoms with Crippen molar-refractivity contribution in [3.05, 3.63) is 40.9 Å². The molecule has 0 fully saturated rings. The molecule has 1 atom stereocenters. The number of carbonyl (C=O) groups is 1. The molecule has 0 aliphatic carbocycles. The Morgan fingerprint density at radius 2 is 2.12 bits per heavy atom. The number of hydrogen-bond donors (Lipinski definition) is 1. The second kappa shape index (κ2) is 8.01. The lowest BCUT2D eigenvalue weighted by Gasteiger charge is -2.06. The minimum atomic E-state index is -0.618. The van der Waals surface area contributed by atoms with Gasteiger partial charge in [-0.15, -0.1) is 10.2 Å². The van der Waals surface area contributed by atoms with Crippen molar-refractivity contribution in [3.8, 4) is 0 Å². The van der Waals surface area contributed by atoms with Gasteiger partial charge in [-0.1, -0.05) is 66.6 Å². The zero-order valence-corrected chi connectivity index (χ0v) is 14.4. The average Bonchev–Trinajstić information content (AvgIpc) is 3.26. The summed E-state index contributed by atoms with van der Waals surface area (Å²) in [5.41, 5.74) is 1.76. The third kappa shape index (κ3) is 4.17. The van der Waals surface area contributed by atoms with Gasteiger partial charge in [-0.2, -0.15) is 0 Å². The fourth-order valence-corrected chi connectivity index (χ4v) is 3.22. The number of nitrogens with zero attached hydrogens (tertiary/aromatic N) is 3. The van der Waals surface area contributed by atoms with Crippen molar-refractivity contribution >= 4 is 28.1 Å². The number of nitrogens with one attached hydrogen (secondary N) is 1. The quantitative estimate of drug-likeness (QED) is 0.781. The minimum absolute atomic E-state index is 0.235. The van der Waals surface area contributed by atoms with Crippen molar-refractivity contribution in [1.82, 2.24) is 10.2 Å². The van der Waals surface area contributed by atoms with Crippen molar-refractivity contribution in [1.29, 1.82) is 0 Å². The number of hydrogen-bond acceptors (Lipinski definition) is 6. The van der Waals surface area contributed by atoms with Crippen molar-refractivity contribution < 1.29 is 9.63 Å². The Morgan fingerprint density at radius 1 is 1.29 bits per heavy atom. The first-order valence-corrected chi connectivity index (χ1v) is 8.99. The highest BCUT2D eigenvalue weighted by molar-refractivity contribution is 7.15. The number of unbranched alkanes of at least 4 members (excludes halogenated alkanes) is 2. The molecule has 0 radical (unpaired) electrons. The third-order valence-electron chi connectivity index (χ3n) is 3.76. The van der Waals surface area contributed by atoms with Crippen LogP contribution in [0.15, 0.2) is 35.5 Å². The van der Waals surface area contributed by atoms with Crippen molar-refractivity contribution in [2.75, 3.05) is 5.32 Å². The van der Waals surface area contributed by atoms with Crippen LogP contribution in [0.5, 0.6) is 0 Å². The number of amides is 1. The summed E-state index contributed by atoms with van der Waals surface area (Å²) in [4.78, 5) is 17.6. The number of benzene rings is 1. The molecular weight excluding hydrogens is 324 g/mol. The highest BCUT2D eigenvalue weighted by atomic mass is 32.1. The molecule has 0 spiro atoms. The lowest BCUT2D eigenvalue weighted by atomic mass is 10.1. The summed E-state index contributed by atoms with van der Waals surface area (Å²) < 4.78 is 0. The maximum absolute atomic E-state index is 12.3. The molecule has 6 nitrogen and oxygen atoms in total. The van der Waals surface area contributed by atoms with Crippen molar-refractivity contribution in [2.45, 2.75) is 45.1 Å². The highest BCUT2D eigenvalue weighted by Crippen LogP contribution is 2.21. The number of aryl methyl sites for hydroxylation is 1. The Kier molecular flexibility index (Phi) is 5.53. The average molecular weight is 344 g/mol. The molecule has 24 heavy (non-hydrogen) atoms. The zero-order chi connectivity index (χ0) is 16.8. The van der Waals surface area contributed by atoms with Gasteiger partial charge >= 0.3 is 0 Å². The monoisotopic (exact) mass is 344 g/mol. The molecule has 1 N–H and O–H groups in total. The molecule has 0 saturated heterocycles. The van der Waals surface area contributed by atoms with Gasteiger partial charge in [0.15, 0.2) is 0 Å². The molecule has 0 bridgehead atoms. The first-order valence-electron chi connectivity index (χ1n) is 8.17. The Bertz CT molecular complexity index is 714. The van der Waals surface area contributed by atoms with E-state index in [-0.39, 0.29) is 5.91 Å². The number of anilines is 1. The Balaban J connectivity index is 1.51. The maximum Gasteiger partial charge on any atom is 0.270 e. The SMILES string of the molecule is CCCCCc1nnc(NC(=O)C2CC(c3ccccc3)=NO2)s1. The van der Waals surface area contributed by atoms with E-state index in [4.69, 9.17) is 4.84 Å². The summed E-state index contributed by atoms with van der Waals surface area (Å²) in [7, 11) is 0. The van der Waals surface area contributed by atoms with Crippen LogP contribution in [0, 0.1) is 0 Å². The molecule has 1 amide bonds. The lowest BCUT2D eigenvalue weighted by molar-refractivity contribution is -0.125. The molecule has 126 valence electrons. The number of rotatable bonds is 7. The van der Waals surface area contributed by atoms with E-state index in [9.17, 15) is 4.79 Å². The fraction of sp³-hybridized carbons (Fsp3) is 0.412. The van der Waals surface area contributed by atoms with Gasteiger partial charge in [0.25, 0.3) is 5.91 Å². The van der Waals surface area contributed by atoms with Gasteiger partial charge < -0.3 is 4.84 Å². The Morgan fingerprint density at radius 3 is 2.92 bits per heavy atom. The van der Waals surface area contributed by atoms with Gasteiger partial charge in [-0.25, -0.2) is 0 Å². The van der Waals surface area contributed by atoms with E-state index in [2.05, 4.69) is 27.6 Å². The van der Waals surface area contributed by atoms with Crippen LogP contribution in [0.25, 0.3) is 0 Å². The van der Waals surface area contributed by atoms with Crippen LogP contribution < -0.4 is 5.32 Å². The Labute approximate surface area is 144 Å². The van der Waals surface area contributed by atoms with Gasteiger partial charge in [0, 0.05) is 12.8 Å². The fourth-order valence-electron chi connectivity index (χ4n) is 2.44. The highest BCUT2D eigenvalue weighted by Gasteiger charge is 2.29. The Hall–Kier alpha value is -2.28. The summed E-state index contributed by atoms with van der Waals surface area (Å²) in [6.07, 6.45) is 4.19. The van der Waals surface area contributed by atoms with Crippen LogP contribution in [-0.4, -0.2) is 27.9 Å². The molecule has 1 aromatic heterocycles. The predicted octanol–water partition coefficient (Wildman–Crippen LogP) is 3.40. The molecule has 7 heteroatoms. The summed E-state index contributed by atoms with van der Waals surface area (Å²) in [5, 5.41) is 16.4. The van der Waals surface area contributed by atoms with E-state index in [1.54, 1.807) is 0 Å². The standard InChI is InChI=1S/C17H20N4O2S/c1-2-3-5-10-15-19-20-17(24-15)18-16(22)14-11-13(21-23-14)12-8-6-4-7-9-12/h4,6-9,14H,2-3,5,10-11H2,1H3,(H,18,20,22). The van der Waals surface area contributed by atoms with E-state index >= 15 is 0 Å². The third-order valence-corrected chi connectivity index (χ3v) is 4.66. The van der Waals surface area contributed by atoms with Crippen LogP contribution in [0.3, 0.4) is 0 Å². The van der Waals surface area contributed by atoms with E-state index in [1.165, 1.54) is 24.2 Å². The molecule has 1 aromatic carbocycles. The van der Waals surface area contributed by atoms with E-state index < -0.39 is 6.10 Å². The molecule has 1 aliphatic heterocycles. The zero-order valence-electron chi connectivity index (χ0n) is 13.6. The van der Waals surface area contributed by atoms with Crippen LogP contribution in [0.4, 0.5) is 5.13 Å². The maximum atomic E-state index is 12.3. The van der Waals surface area contributed by atoms with Crippen LogP contribution in [0.2, 0.25) is 0 Å². The summed E-state index contributed by atoms with van der Waals surface area (Å²) >= 11 is 1.42. The van der Waals surface area contributed by atoms with Crippen LogP contribution >= 0.6 is 11.3 Å². The van der Waals surface area contributed by atoms with E-state index in [0.717, 1.165) is 29.1 Å². The van der Waals surface area contributed by atoms with E-state index in [0.29, 0.717) is 11.6 Å². The van der Waals surface area contributed by atoms with Crippen molar-refractivity contribution in [2.24, 2.45) is 5.16 Å². The van der Waals surface area contributed by atoms with Crippen molar-refractivity contribution in [3.63, 3.8) is 0 Å². The van der Waals surface area contributed by atoms with Gasteiger partial charge in [0.05, 0.1) is 5.71 Å². The molecular formula is C17H20N4O2S. The first-order chi connectivity index (χ1) is 11.8. The molecule has 2 aromatic rings. The number of aromatic nitrogens is 2. The largest absolute Gasteiger partial charge is 0.382 e. The molecule has 1 aliphatic rings. The number of carbonyl (C=O) groups excluding carboxylic acids is 1. The van der Waals surface area contributed by atoms with Gasteiger partial charge in [-0.05, 0) is 12.0 Å². The molecule has 2 heterocycles. The summed E-state index contributed by atoms with van der Waals surface area (Å²) in [6.45, 7) is 2.17. The van der Waals surface area contributed by atoms with Crippen LogP contribution in [-0.2, 0) is 16.1 Å². The van der Waals surface area contributed by atoms with Crippen LogP contribution in [0.1, 0.15) is 43.2 Å². The normalized spacial score (nSPS) is 16.5. The summed E-state index contributed by atoms with van der Waals surface area (Å²) in [5.74, 6) is -0.235. The van der Waals surface area contributed by atoms with Gasteiger partial charge in [-0.3, -0.25) is 10.1 Å².